The number of nitrogens with one attached hydrogen (secondary N) is 1. The van der Waals surface area contributed by atoms with Gasteiger partial charge in [-0.1, -0.05) is 22.9 Å². The second-order valence-corrected chi connectivity index (χ2v) is 7.23. The Kier molecular flexibility index (Phi) is 4.79. The second kappa shape index (κ2) is 6.86. The van der Waals surface area contributed by atoms with Crippen molar-refractivity contribution in [3.63, 3.8) is 0 Å². The number of nitrogens with zero attached hydrogens (tertiary/aromatic N) is 2. The molecule has 0 radical (unpaired) electrons. The van der Waals surface area contributed by atoms with Crippen molar-refractivity contribution in [2.24, 2.45) is 5.16 Å². The summed E-state index contributed by atoms with van der Waals surface area (Å²) < 4.78 is 0. The number of likely N-dealkylation sites (tertiary alicyclic amines) is 1. The van der Waals surface area contributed by atoms with Crippen LogP contribution in [0.25, 0.3) is 0 Å². The van der Waals surface area contributed by atoms with Gasteiger partial charge in [-0.25, -0.2) is 0 Å². The summed E-state index contributed by atoms with van der Waals surface area (Å²) in [6.45, 7) is 6.91. The number of carbonyl (C=O) groups excluding carboxylic acids is 2. The monoisotopic (exact) mass is 343 g/mol. The molecule has 2 heterocycles. The lowest BCUT2D eigenvalue weighted by atomic mass is 9.97. The minimum Gasteiger partial charge on any atom is -0.379 e. The highest BCUT2D eigenvalue weighted by Crippen LogP contribution is 2.24. The van der Waals surface area contributed by atoms with Crippen molar-refractivity contribution in [3.05, 3.63) is 35.4 Å². The van der Waals surface area contributed by atoms with Crippen LogP contribution in [0.4, 0.5) is 0 Å². The molecule has 2 aliphatic rings. The van der Waals surface area contributed by atoms with Gasteiger partial charge in [0.15, 0.2) is 0 Å². The number of aryl methyl sites for hydroxylation is 1. The summed E-state index contributed by atoms with van der Waals surface area (Å²) >= 11 is 0. The van der Waals surface area contributed by atoms with Crippen molar-refractivity contribution in [3.8, 4) is 0 Å². The molecule has 0 spiro atoms. The highest BCUT2D eigenvalue weighted by Gasteiger charge is 2.41. The third-order valence-corrected chi connectivity index (χ3v) is 4.89. The van der Waals surface area contributed by atoms with Crippen LogP contribution >= 0.6 is 0 Å². The molecule has 134 valence electrons. The molecule has 1 aromatic carbocycles. The first-order chi connectivity index (χ1) is 11.9. The van der Waals surface area contributed by atoms with Crippen molar-refractivity contribution in [1.82, 2.24) is 10.2 Å². The van der Waals surface area contributed by atoms with Crippen LogP contribution in [0.1, 0.15) is 49.0 Å². The summed E-state index contributed by atoms with van der Waals surface area (Å²) in [7, 11) is 0. The summed E-state index contributed by atoms with van der Waals surface area (Å²) in [5.41, 5.74) is 1.78. The van der Waals surface area contributed by atoms with Gasteiger partial charge in [-0.2, -0.15) is 0 Å². The van der Waals surface area contributed by atoms with Gasteiger partial charge in [0, 0.05) is 31.1 Å². The highest BCUT2D eigenvalue weighted by atomic mass is 16.7. The van der Waals surface area contributed by atoms with Crippen LogP contribution in [0.3, 0.4) is 0 Å². The second-order valence-electron chi connectivity index (χ2n) is 7.23. The molecule has 1 saturated heterocycles. The zero-order chi connectivity index (χ0) is 18.0. The van der Waals surface area contributed by atoms with Crippen molar-refractivity contribution < 1.29 is 14.4 Å². The number of hydrogen-bond donors (Lipinski definition) is 1. The van der Waals surface area contributed by atoms with Crippen LogP contribution in [0.5, 0.6) is 0 Å². The van der Waals surface area contributed by atoms with Gasteiger partial charge in [0.1, 0.15) is 0 Å². The van der Waals surface area contributed by atoms with Gasteiger partial charge >= 0.3 is 0 Å². The normalized spacial score (nSPS) is 23.8. The molecule has 0 saturated carbocycles. The van der Waals surface area contributed by atoms with Gasteiger partial charge in [-0.05, 0) is 45.7 Å². The Hall–Kier alpha value is -2.37. The van der Waals surface area contributed by atoms with Crippen molar-refractivity contribution in [1.29, 1.82) is 0 Å². The standard InChI is InChI=1S/C19H25N3O3/c1-13-4-6-15(7-5-13)17(23)22-10-8-16(9-11-22)20-18(24)19(3)12-14(2)21-25-19/h4-7,16H,8-12H2,1-3H3,(H,20,24)/t19-/m0/s1. The van der Waals surface area contributed by atoms with Gasteiger partial charge in [-0.3, -0.25) is 9.59 Å². The first kappa shape index (κ1) is 17.5. The molecule has 1 atom stereocenters. The molecule has 1 fully saturated rings. The fourth-order valence-corrected chi connectivity index (χ4v) is 3.30. The quantitative estimate of drug-likeness (QED) is 0.915. The van der Waals surface area contributed by atoms with E-state index in [1.54, 1.807) is 6.92 Å². The molecule has 0 bridgehead atoms. The Morgan fingerprint density at radius 2 is 1.84 bits per heavy atom. The molecular formula is C19H25N3O3. The van der Waals surface area contributed by atoms with Gasteiger partial charge in [0.25, 0.3) is 11.8 Å². The van der Waals surface area contributed by atoms with E-state index < -0.39 is 5.60 Å². The van der Waals surface area contributed by atoms with E-state index in [-0.39, 0.29) is 17.9 Å². The number of amides is 2. The van der Waals surface area contributed by atoms with Crippen LogP contribution in [0, 0.1) is 6.92 Å². The third kappa shape index (κ3) is 3.83. The molecule has 1 N–H and O–H groups in total. The van der Waals surface area contributed by atoms with Crippen molar-refractivity contribution in [2.75, 3.05) is 13.1 Å². The summed E-state index contributed by atoms with van der Waals surface area (Å²) in [6, 6.07) is 7.70. The Bertz CT molecular complexity index is 690. The zero-order valence-corrected chi connectivity index (χ0v) is 15.0. The number of piperidine rings is 1. The van der Waals surface area contributed by atoms with E-state index in [0.29, 0.717) is 25.1 Å². The van der Waals surface area contributed by atoms with Crippen molar-refractivity contribution in [2.45, 2.75) is 51.7 Å². The summed E-state index contributed by atoms with van der Waals surface area (Å²) in [5.74, 6) is -0.0729. The molecule has 0 aliphatic carbocycles. The van der Waals surface area contributed by atoms with E-state index in [9.17, 15) is 9.59 Å². The average Bonchev–Trinajstić information content (AvgIpc) is 2.96. The maximum atomic E-state index is 12.5. The van der Waals surface area contributed by atoms with Gasteiger partial charge < -0.3 is 15.1 Å². The van der Waals surface area contributed by atoms with Crippen LogP contribution < -0.4 is 5.32 Å². The number of benzene rings is 1. The molecule has 6 heteroatoms. The SMILES string of the molecule is CC1=NO[C@](C)(C(=O)NC2CCN(C(=O)c3ccc(C)cc3)CC2)C1. The van der Waals surface area contributed by atoms with E-state index in [4.69, 9.17) is 4.84 Å². The molecular weight excluding hydrogens is 318 g/mol. The summed E-state index contributed by atoms with van der Waals surface area (Å²) in [4.78, 5) is 32.1. The zero-order valence-electron chi connectivity index (χ0n) is 15.0. The van der Waals surface area contributed by atoms with E-state index in [1.165, 1.54) is 0 Å². The van der Waals surface area contributed by atoms with E-state index in [1.807, 2.05) is 43.0 Å². The topological polar surface area (TPSA) is 71.0 Å². The van der Waals surface area contributed by atoms with E-state index in [2.05, 4.69) is 10.5 Å². The predicted molar refractivity (Wildman–Crippen MR) is 95.5 cm³/mol. The number of carbonyl (C=O) groups is 2. The fourth-order valence-electron chi connectivity index (χ4n) is 3.30. The first-order valence-corrected chi connectivity index (χ1v) is 8.76. The summed E-state index contributed by atoms with van der Waals surface area (Å²) in [6.07, 6.45) is 2.02. The van der Waals surface area contributed by atoms with Gasteiger partial charge in [0.05, 0.1) is 5.71 Å². The van der Waals surface area contributed by atoms with E-state index in [0.717, 1.165) is 24.1 Å². The highest BCUT2D eigenvalue weighted by molar-refractivity contribution is 5.95. The Balaban J connectivity index is 1.51. The van der Waals surface area contributed by atoms with Crippen LogP contribution in [0.15, 0.2) is 29.4 Å². The minimum atomic E-state index is -0.904. The molecule has 25 heavy (non-hydrogen) atoms. The number of rotatable bonds is 3. The predicted octanol–water partition coefficient (Wildman–Crippen LogP) is 2.27. The summed E-state index contributed by atoms with van der Waals surface area (Å²) in [5, 5.41) is 6.93. The van der Waals surface area contributed by atoms with Crippen LogP contribution in [-0.4, -0.2) is 47.2 Å². The number of oxime groups is 1. The molecule has 0 unspecified atom stereocenters. The maximum absolute atomic E-state index is 12.5. The number of hydrogen-bond acceptors (Lipinski definition) is 4. The first-order valence-electron chi connectivity index (χ1n) is 8.76. The molecule has 3 rings (SSSR count). The molecule has 6 nitrogen and oxygen atoms in total. The van der Waals surface area contributed by atoms with Gasteiger partial charge in [-0.15, -0.1) is 0 Å². The molecule has 2 aliphatic heterocycles. The minimum absolute atomic E-state index is 0.0555. The maximum Gasteiger partial charge on any atom is 0.267 e. The smallest absolute Gasteiger partial charge is 0.267 e. The third-order valence-electron chi connectivity index (χ3n) is 4.89. The fraction of sp³-hybridized carbons (Fsp3) is 0.526. The molecule has 1 aromatic rings. The average molecular weight is 343 g/mol. The molecule has 2 amide bonds. The Morgan fingerprint density at radius 1 is 1.20 bits per heavy atom. The lowest BCUT2D eigenvalue weighted by Gasteiger charge is -2.33. The van der Waals surface area contributed by atoms with E-state index >= 15 is 0 Å². The largest absolute Gasteiger partial charge is 0.379 e. The Labute approximate surface area is 148 Å². The lowest BCUT2D eigenvalue weighted by Crippen LogP contribution is -2.52. The Morgan fingerprint density at radius 3 is 2.40 bits per heavy atom. The van der Waals surface area contributed by atoms with Crippen molar-refractivity contribution >= 4 is 17.5 Å². The molecule has 0 aromatic heterocycles. The van der Waals surface area contributed by atoms with Gasteiger partial charge in [0.2, 0.25) is 5.60 Å². The van der Waals surface area contributed by atoms with Crippen LogP contribution in [0.2, 0.25) is 0 Å². The van der Waals surface area contributed by atoms with Crippen LogP contribution in [-0.2, 0) is 9.63 Å². The lowest BCUT2D eigenvalue weighted by molar-refractivity contribution is -0.142.